The van der Waals surface area contributed by atoms with E-state index in [2.05, 4.69) is 10.6 Å². The van der Waals surface area contributed by atoms with E-state index >= 15 is 0 Å². The minimum absolute atomic E-state index is 0.0228. The summed E-state index contributed by atoms with van der Waals surface area (Å²) in [5, 5.41) is 32.5. The van der Waals surface area contributed by atoms with Crippen LogP contribution in [0, 0.1) is 0 Å². The standard InChI is InChI=1S/C20H22N2O7/c23-11-17(22-20(28)29-12-14-4-2-1-3-5-14)18(25)21-16(19(26)27)10-13-6-8-15(24)9-7-13/h1-9,16-17,23-24H,10-12H2,(H,21,25)(H,22,28)(H,26,27). The molecule has 0 aromatic heterocycles. The van der Waals surface area contributed by atoms with Gasteiger partial charge in [0.1, 0.15) is 24.4 Å². The maximum Gasteiger partial charge on any atom is 0.408 e. The maximum absolute atomic E-state index is 12.3. The van der Waals surface area contributed by atoms with Gasteiger partial charge in [-0.25, -0.2) is 9.59 Å². The molecule has 0 saturated heterocycles. The van der Waals surface area contributed by atoms with Gasteiger partial charge in [-0.15, -0.1) is 0 Å². The molecule has 2 unspecified atom stereocenters. The van der Waals surface area contributed by atoms with Gasteiger partial charge in [-0.3, -0.25) is 4.79 Å². The topological polar surface area (TPSA) is 145 Å². The van der Waals surface area contributed by atoms with Crippen LogP contribution in [0.5, 0.6) is 5.75 Å². The first-order chi connectivity index (χ1) is 13.9. The van der Waals surface area contributed by atoms with Crippen molar-refractivity contribution in [2.75, 3.05) is 6.61 Å². The van der Waals surface area contributed by atoms with Gasteiger partial charge in [-0.05, 0) is 23.3 Å². The number of aromatic hydroxyl groups is 1. The van der Waals surface area contributed by atoms with Crippen LogP contribution in [0.2, 0.25) is 0 Å². The van der Waals surface area contributed by atoms with E-state index in [1.807, 2.05) is 6.07 Å². The maximum atomic E-state index is 12.3. The molecule has 0 saturated carbocycles. The first-order valence-electron chi connectivity index (χ1n) is 8.78. The quantitative estimate of drug-likeness (QED) is 0.417. The van der Waals surface area contributed by atoms with Gasteiger partial charge in [0.2, 0.25) is 5.91 Å². The molecule has 0 spiro atoms. The molecule has 0 aliphatic heterocycles. The van der Waals surface area contributed by atoms with Gasteiger partial charge in [0.25, 0.3) is 0 Å². The Hall–Kier alpha value is -3.59. The Balaban J connectivity index is 1.91. The number of hydrogen-bond donors (Lipinski definition) is 5. The van der Waals surface area contributed by atoms with Crippen LogP contribution in [0.3, 0.4) is 0 Å². The van der Waals surface area contributed by atoms with E-state index < -0.39 is 36.7 Å². The predicted octanol–water partition coefficient (Wildman–Crippen LogP) is 0.791. The number of phenolic OH excluding ortho intramolecular Hbond substituents is 1. The van der Waals surface area contributed by atoms with Crippen LogP contribution >= 0.6 is 0 Å². The van der Waals surface area contributed by atoms with Gasteiger partial charge in [0.15, 0.2) is 0 Å². The molecule has 0 bridgehead atoms. The van der Waals surface area contributed by atoms with Gasteiger partial charge in [0, 0.05) is 6.42 Å². The Kier molecular flexibility index (Phi) is 7.99. The number of carbonyl (C=O) groups is 3. The van der Waals surface area contributed by atoms with E-state index in [1.54, 1.807) is 24.3 Å². The normalized spacial score (nSPS) is 12.4. The van der Waals surface area contributed by atoms with Crippen molar-refractivity contribution in [1.29, 1.82) is 0 Å². The fraction of sp³-hybridized carbons (Fsp3) is 0.250. The van der Waals surface area contributed by atoms with Crippen molar-refractivity contribution in [3.63, 3.8) is 0 Å². The number of aliphatic hydroxyl groups excluding tert-OH is 1. The Morgan fingerprint density at radius 3 is 2.14 bits per heavy atom. The number of benzene rings is 2. The molecule has 9 nitrogen and oxygen atoms in total. The molecular weight excluding hydrogens is 380 g/mol. The third-order valence-corrected chi connectivity index (χ3v) is 3.99. The number of carboxylic acids is 1. The summed E-state index contributed by atoms with van der Waals surface area (Å²) in [5.41, 5.74) is 1.32. The first kappa shape index (κ1) is 21.7. The Morgan fingerprint density at radius 2 is 1.55 bits per heavy atom. The molecule has 2 aromatic carbocycles. The second-order valence-electron chi connectivity index (χ2n) is 6.21. The largest absolute Gasteiger partial charge is 0.508 e. The van der Waals surface area contributed by atoms with Crippen molar-refractivity contribution < 1.29 is 34.4 Å². The predicted molar refractivity (Wildman–Crippen MR) is 102 cm³/mol. The number of carbonyl (C=O) groups excluding carboxylic acids is 2. The zero-order valence-corrected chi connectivity index (χ0v) is 15.4. The van der Waals surface area contributed by atoms with E-state index in [4.69, 9.17) is 4.74 Å². The molecule has 5 N–H and O–H groups in total. The summed E-state index contributed by atoms with van der Waals surface area (Å²) < 4.78 is 4.99. The molecule has 0 radical (unpaired) electrons. The third-order valence-electron chi connectivity index (χ3n) is 3.99. The van der Waals surface area contributed by atoms with Crippen LogP contribution in [0.25, 0.3) is 0 Å². The summed E-state index contributed by atoms with van der Waals surface area (Å²) >= 11 is 0. The van der Waals surface area contributed by atoms with Gasteiger partial charge in [-0.1, -0.05) is 42.5 Å². The number of ether oxygens (including phenoxy) is 1. The summed E-state index contributed by atoms with van der Waals surface area (Å²) in [6.45, 7) is -0.761. The summed E-state index contributed by atoms with van der Waals surface area (Å²) in [6.07, 6.45) is -0.966. The van der Waals surface area contributed by atoms with E-state index in [0.29, 0.717) is 5.56 Å². The number of alkyl carbamates (subject to hydrolysis) is 1. The molecule has 2 amide bonds. The van der Waals surface area contributed by atoms with Crippen molar-refractivity contribution in [3.05, 3.63) is 65.7 Å². The molecule has 154 valence electrons. The average Bonchev–Trinajstić information content (AvgIpc) is 2.72. The molecule has 2 rings (SSSR count). The molecule has 0 aliphatic carbocycles. The fourth-order valence-corrected chi connectivity index (χ4v) is 2.44. The minimum Gasteiger partial charge on any atom is -0.508 e. The van der Waals surface area contributed by atoms with E-state index in [0.717, 1.165) is 5.56 Å². The van der Waals surface area contributed by atoms with Crippen molar-refractivity contribution >= 4 is 18.0 Å². The second kappa shape index (κ2) is 10.7. The molecule has 0 fully saturated rings. The highest BCUT2D eigenvalue weighted by molar-refractivity contribution is 5.89. The van der Waals surface area contributed by atoms with E-state index in [-0.39, 0.29) is 18.8 Å². The number of hydrogen-bond acceptors (Lipinski definition) is 6. The zero-order valence-electron chi connectivity index (χ0n) is 15.4. The van der Waals surface area contributed by atoms with Crippen molar-refractivity contribution in [1.82, 2.24) is 10.6 Å². The third kappa shape index (κ3) is 7.15. The lowest BCUT2D eigenvalue weighted by Gasteiger charge is -2.20. The molecule has 2 aromatic rings. The number of nitrogens with one attached hydrogen (secondary N) is 2. The van der Waals surface area contributed by atoms with Crippen LogP contribution < -0.4 is 10.6 Å². The summed E-state index contributed by atoms with van der Waals surface area (Å²) in [7, 11) is 0. The molecule has 0 heterocycles. The Morgan fingerprint density at radius 1 is 0.897 bits per heavy atom. The lowest BCUT2D eigenvalue weighted by Crippen LogP contribution is -2.53. The lowest BCUT2D eigenvalue weighted by atomic mass is 10.1. The summed E-state index contributed by atoms with van der Waals surface area (Å²) in [6, 6.07) is 12.1. The smallest absolute Gasteiger partial charge is 0.408 e. The molecular formula is C20H22N2O7. The minimum atomic E-state index is -1.38. The summed E-state index contributed by atoms with van der Waals surface area (Å²) in [4.78, 5) is 35.6. The average molecular weight is 402 g/mol. The van der Waals surface area contributed by atoms with Crippen LogP contribution in [0.15, 0.2) is 54.6 Å². The van der Waals surface area contributed by atoms with Crippen LogP contribution in [0.1, 0.15) is 11.1 Å². The Bertz CT molecular complexity index is 824. The van der Waals surface area contributed by atoms with Crippen LogP contribution in [-0.2, 0) is 27.4 Å². The van der Waals surface area contributed by atoms with E-state index in [9.17, 15) is 29.7 Å². The monoisotopic (exact) mass is 402 g/mol. The van der Waals surface area contributed by atoms with Gasteiger partial charge >= 0.3 is 12.1 Å². The van der Waals surface area contributed by atoms with Crippen LogP contribution in [-0.4, -0.2) is 52.0 Å². The Labute approximate surface area is 166 Å². The molecule has 29 heavy (non-hydrogen) atoms. The highest BCUT2D eigenvalue weighted by Gasteiger charge is 2.26. The molecule has 2 atom stereocenters. The highest BCUT2D eigenvalue weighted by atomic mass is 16.5. The van der Waals surface area contributed by atoms with Crippen molar-refractivity contribution in [2.24, 2.45) is 0 Å². The first-order valence-corrected chi connectivity index (χ1v) is 8.78. The number of aliphatic hydroxyl groups is 1. The van der Waals surface area contributed by atoms with E-state index in [1.165, 1.54) is 24.3 Å². The zero-order chi connectivity index (χ0) is 21.2. The molecule has 0 aliphatic rings. The van der Waals surface area contributed by atoms with Crippen molar-refractivity contribution in [3.8, 4) is 5.75 Å². The molecule has 9 heteroatoms. The van der Waals surface area contributed by atoms with Crippen LogP contribution in [0.4, 0.5) is 4.79 Å². The van der Waals surface area contributed by atoms with Gasteiger partial charge < -0.3 is 30.7 Å². The lowest BCUT2D eigenvalue weighted by molar-refractivity contribution is -0.142. The number of phenols is 1. The number of carboxylic acid groups (broad SMARTS) is 1. The number of aliphatic carboxylic acids is 1. The fourth-order valence-electron chi connectivity index (χ4n) is 2.44. The second-order valence-corrected chi connectivity index (χ2v) is 6.21. The number of rotatable bonds is 9. The number of amides is 2. The van der Waals surface area contributed by atoms with Gasteiger partial charge in [-0.2, -0.15) is 0 Å². The van der Waals surface area contributed by atoms with Crippen molar-refractivity contribution in [2.45, 2.75) is 25.1 Å². The summed E-state index contributed by atoms with van der Waals surface area (Å²) in [5.74, 6) is -2.12. The SMILES string of the molecule is O=C(NC(CO)C(=O)NC(Cc1ccc(O)cc1)C(=O)O)OCc1ccccc1. The highest BCUT2D eigenvalue weighted by Crippen LogP contribution is 2.11. The van der Waals surface area contributed by atoms with Gasteiger partial charge in [0.05, 0.1) is 6.61 Å².